The molecule has 0 amide bonds. The van der Waals surface area contributed by atoms with E-state index >= 15 is 0 Å². The molecule has 0 saturated carbocycles. The van der Waals surface area contributed by atoms with Crippen molar-refractivity contribution in [1.29, 1.82) is 0 Å². The minimum atomic E-state index is 0.243. The maximum atomic E-state index is 5.88. The highest BCUT2D eigenvalue weighted by atomic mass is 35.5. The molecule has 0 aromatic carbocycles. The summed E-state index contributed by atoms with van der Waals surface area (Å²) in [6.45, 7) is 5.82. The molecule has 3 nitrogen and oxygen atoms in total. The number of rotatable bonds is 3. The summed E-state index contributed by atoms with van der Waals surface area (Å²) in [5, 5.41) is 0.604. The van der Waals surface area contributed by atoms with Crippen molar-refractivity contribution >= 4 is 35.0 Å². The van der Waals surface area contributed by atoms with Gasteiger partial charge in [0.1, 0.15) is 0 Å². The summed E-state index contributed by atoms with van der Waals surface area (Å²) < 4.78 is 2.65. The minimum absolute atomic E-state index is 0.243. The van der Waals surface area contributed by atoms with Crippen molar-refractivity contribution in [2.24, 2.45) is 0 Å². The molecule has 0 aliphatic carbocycles. The quantitative estimate of drug-likeness (QED) is 0.665. The number of hydrogen-bond acceptors (Lipinski definition) is 2. The first-order valence-electron chi connectivity index (χ1n) is 5.00. The van der Waals surface area contributed by atoms with Crippen LogP contribution in [0.25, 0.3) is 11.2 Å². The topological polar surface area (TPSA) is 33.6 Å². The third-order valence-electron chi connectivity index (χ3n) is 2.47. The van der Waals surface area contributed by atoms with Gasteiger partial charge in [-0.3, -0.25) is 4.57 Å². The van der Waals surface area contributed by atoms with E-state index in [1.54, 1.807) is 6.20 Å². The van der Waals surface area contributed by atoms with Crippen LogP contribution >= 0.6 is 23.8 Å². The van der Waals surface area contributed by atoms with Crippen LogP contribution < -0.4 is 0 Å². The molecule has 0 fully saturated rings. The molecule has 0 radical (unpaired) electrons. The van der Waals surface area contributed by atoms with Crippen molar-refractivity contribution in [3.8, 4) is 0 Å². The first kappa shape index (κ1) is 11.4. The number of pyridine rings is 1. The molecule has 1 unspecified atom stereocenters. The Morgan fingerprint density at radius 2 is 2.50 bits per heavy atom. The van der Waals surface area contributed by atoms with Crippen molar-refractivity contribution in [2.75, 3.05) is 0 Å². The second-order valence-corrected chi connectivity index (χ2v) is 4.52. The van der Waals surface area contributed by atoms with Gasteiger partial charge in [0, 0.05) is 12.2 Å². The van der Waals surface area contributed by atoms with Crippen LogP contribution in [0.5, 0.6) is 0 Å². The molecule has 1 atom stereocenters. The average molecular weight is 254 g/mol. The number of aromatic nitrogens is 3. The van der Waals surface area contributed by atoms with E-state index in [0.717, 1.165) is 17.6 Å². The van der Waals surface area contributed by atoms with Gasteiger partial charge in [0.25, 0.3) is 0 Å². The number of nitrogens with zero attached hydrogens (tertiary/aromatic N) is 2. The normalized spacial score (nSPS) is 12.9. The van der Waals surface area contributed by atoms with Crippen LogP contribution in [0.2, 0.25) is 5.02 Å². The summed E-state index contributed by atoms with van der Waals surface area (Å²) in [6, 6.07) is 2.07. The molecule has 1 N–H and O–H groups in total. The molecular formula is C11H12ClN3S. The monoisotopic (exact) mass is 253 g/mol. The summed E-state index contributed by atoms with van der Waals surface area (Å²) in [5.41, 5.74) is 1.71. The Labute approximate surface area is 104 Å². The fourth-order valence-electron chi connectivity index (χ4n) is 1.74. The lowest BCUT2D eigenvalue weighted by Crippen LogP contribution is -2.04. The van der Waals surface area contributed by atoms with Crippen LogP contribution in [0.4, 0.5) is 0 Å². The van der Waals surface area contributed by atoms with Crippen LogP contribution in [-0.4, -0.2) is 14.5 Å². The van der Waals surface area contributed by atoms with Gasteiger partial charge in [-0.15, -0.1) is 6.58 Å². The summed E-state index contributed by atoms with van der Waals surface area (Å²) in [5.74, 6) is 0. The van der Waals surface area contributed by atoms with Gasteiger partial charge in [0.15, 0.2) is 10.4 Å². The summed E-state index contributed by atoms with van der Waals surface area (Å²) in [7, 11) is 0. The largest absolute Gasteiger partial charge is 0.329 e. The Bertz CT molecular complexity index is 584. The highest BCUT2D eigenvalue weighted by molar-refractivity contribution is 7.71. The van der Waals surface area contributed by atoms with E-state index in [-0.39, 0.29) is 6.04 Å². The zero-order valence-electron chi connectivity index (χ0n) is 8.90. The highest BCUT2D eigenvalue weighted by Gasteiger charge is 2.11. The molecule has 0 aliphatic heterocycles. The molecule has 16 heavy (non-hydrogen) atoms. The van der Waals surface area contributed by atoms with E-state index in [2.05, 4.69) is 23.5 Å². The lowest BCUT2D eigenvalue weighted by molar-refractivity contribution is 0.560. The first-order chi connectivity index (χ1) is 7.63. The van der Waals surface area contributed by atoms with E-state index in [0.29, 0.717) is 9.79 Å². The van der Waals surface area contributed by atoms with Gasteiger partial charge in [-0.2, -0.15) is 0 Å². The Balaban J connectivity index is 2.64. The molecular weight excluding hydrogens is 242 g/mol. The SMILES string of the molecule is C=CCC(C)n1c(=S)[nH]c2cc(Cl)cnc21. The van der Waals surface area contributed by atoms with E-state index in [1.807, 2.05) is 16.7 Å². The fourth-order valence-corrected chi connectivity index (χ4v) is 2.28. The zero-order valence-corrected chi connectivity index (χ0v) is 10.5. The number of aromatic amines is 1. The van der Waals surface area contributed by atoms with Gasteiger partial charge in [-0.05, 0) is 31.6 Å². The lowest BCUT2D eigenvalue weighted by atomic mass is 10.2. The van der Waals surface area contributed by atoms with Gasteiger partial charge in [0.05, 0.1) is 10.5 Å². The van der Waals surface area contributed by atoms with Crippen molar-refractivity contribution in [3.63, 3.8) is 0 Å². The predicted octanol–water partition coefficient (Wildman–Crippen LogP) is 3.88. The lowest BCUT2D eigenvalue weighted by Gasteiger charge is -2.11. The van der Waals surface area contributed by atoms with Gasteiger partial charge in [0.2, 0.25) is 0 Å². The molecule has 2 aromatic rings. The van der Waals surface area contributed by atoms with Crippen LogP contribution in [0, 0.1) is 4.77 Å². The molecule has 2 heterocycles. The van der Waals surface area contributed by atoms with Gasteiger partial charge < -0.3 is 4.98 Å². The smallest absolute Gasteiger partial charge is 0.179 e. The van der Waals surface area contributed by atoms with E-state index in [9.17, 15) is 0 Å². The second-order valence-electron chi connectivity index (χ2n) is 3.70. The van der Waals surface area contributed by atoms with Gasteiger partial charge in [-0.1, -0.05) is 17.7 Å². The number of fused-ring (bicyclic) bond motifs is 1. The van der Waals surface area contributed by atoms with Crippen molar-refractivity contribution in [1.82, 2.24) is 14.5 Å². The zero-order chi connectivity index (χ0) is 11.7. The summed E-state index contributed by atoms with van der Waals surface area (Å²) in [6.07, 6.45) is 4.36. The Morgan fingerprint density at radius 3 is 3.19 bits per heavy atom. The Kier molecular flexibility index (Phi) is 3.12. The molecule has 0 aliphatic rings. The summed E-state index contributed by atoms with van der Waals surface area (Å²) in [4.78, 5) is 7.41. The minimum Gasteiger partial charge on any atom is -0.329 e. The maximum Gasteiger partial charge on any atom is 0.179 e. The van der Waals surface area contributed by atoms with E-state index < -0.39 is 0 Å². The first-order valence-corrected chi connectivity index (χ1v) is 5.78. The van der Waals surface area contributed by atoms with Gasteiger partial charge >= 0.3 is 0 Å². The molecule has 2 aromatic heterocycles. The van der Waals surface area contributed by atoms with Crippen molar-refractivity contribution in [2.45, 2.75) is 19.4 Å². The number of imidazole rings is 1. The van der Waals surface area contributed by atoms with Crippen LogP contribution in [0.3, 0.4) is 0 Å². The molecule has 0 spiro atoms. The van der Waals surface area contributed by atoms with Gasteiger partial charge in [-0.25, -0.2) is 4.98 Å². The molecule has 5 heteroatoms. The van der Waals surface area contributed by atoms with E-state index in [4.69, 9.17) is 23.8 Å². The fraction of sp³-hybridized carbons (Fsp3) is 0.273. The second kappa shape index (κ2) is 4.39. The summed E-state index contributed by atoms with van der Waals surface area (Å²) >= 11 is 11.2. The third kappa shape index (κ3) is 1.90. The average Bonchev–Trinajstić information content (AvgIpc) is 2.53. The number of allylic oxidation sites excluding steroid dienone is 1. The standard InChI is InChI=1S/C11H12ClN3S/c1-3-4-7(2)15-10-9(14-11(15)16)5-8(12)6-13-10/h3,5-7H,1,4H2,2H3,(H,14,16). The van der Waals surface area contributed by atoms with Crippen LogP contribution in [0.1, 0.15) is 19.4 Å². The van der Waals surface area contributed by atoms with E-state index in [1.165, 1.54) is 0 Å². The van der Waals surface area contributed by atoms with Crippen molar-refractivity contribution in [3.05, 3.63) is 34.7 Å². The highest BCUT2D eigenvalue weighted by Crippen LogP contribution is 2.21. The number of halogens is 1. The Hall–Kier alpha value is -1.13. The number of H-pyrrole nitrogens is 1. The molecule has 0 saturated heterocycles. The number of hydrogen-bond donors (Lipinski definition) is 1. The number of nitrogens with one attached hydrogen (secondary N) is 1. The predicted molar refractivity (Wildman–Crippen MR) is 69.5 cm³/mol. The Morgan fingerprint density at radius 1 is 1.75 bits per heavy atom. The van der Waals surface area contributed by atoms with Crippen LogP contribution in [-0.2, 0) is 0 Å². The molecule has 2 rings (SSSR count). The molecule has 0 bridgehead atoms. The maximum absolute atomic E-state index is 5.88. The van der Waals surface area contributed by atoms with Crippen molar-refractivity contribution < 1.29 is 0 Å². The van der Waals surface area contributed by atoms with Crippen LogP contribution in [0.15, 0.2) is 24.9 Å². The molecule has 84 valence electrons. The third-order valence-corrected chi connectivity index (χ3v) is 2.98.